The highest BCUT2D eigenvalue weighted by molar-refractivity contribution is 5.86. The zero-order chi connectivity index (χ0) is 14.4. The van der Waals surface area contributed by atoms with Crippen molar-refractivity contribution in [1.82, 2.24) is 10.6 Å². The fourth-order valence-electron chi connectivity index (χ4n) is 2.22. The molecule has 0 saturated carbocycles. The van der Waals surface area contributed by atoms with E-state index < -0.39 is 6.04 Å². The lowest BCUT2D eigenvalue weighted by atomic mass is 9.99. The van der Waals surface area contributed by atoms with E-state index in [2.05, 4.69) is 10.6 Å². The van der Waals surface area contributed by atoms with Gasteiger partial charge in [-0.15, -0.1) is 0 Å². The molecule has 2 amide bonds. The number of urea groups is 1. The first-order valence-corrected chi connectivity index (χ1v) is 6.71. The van der Waals surface area contributed by atoms with Crippen LogP contribution >= 0.6 is 0 Å². The molecule has 0 radical (unpaired) electrons. The first-order valence-electron chi connectivity index (χ1n) is 6.71. The van der Waals surface area contributed by atoms with Gasteiger partial charge in [-0.25, -0.2) is 4.79 Å². The Morgan fingerprint density at radius 3 is 2.70 bits per heavy atom. The molecule has 0 spiro atoms. The van der Waals surface area contributed by atoms with Crippen molar-refractivity contribution in [3.05, 3.63) is 48.0 Å². The minimum Gasteiger partial charge on any atom is -0.338 e. The van der Waals surface area contributed by atoms with E-state index in [1.807, 2.05) is 49.4 Å². The zero-order valence-electron chi connectivity index (χ0n) is 11.4. The number of hydrogen-bond donors (Lipinski definition) is 2. The molecule has 0 fully saturated rings. The van der Waals surface area contributed by atoms with Crippen LogP contribution in [-0.4, -0.2) is 24.9 Å². The first-order chi connectivity index (χ1) is 9.74. The summed E-state index contributed by atoms with van der Waals surface area (Å²) in [6.45, 7) is 2.37. The van der Waals surface area contributed by atoms with Crippen molar-refractivity contribution < 1.29 is 9.59 Å². The van der Waals surface area contributed by atoms with Crippen LogP contribution in [0, 0.1) is 0 Å². The zero-order valence-corrected chi connectivity index (χ0v) is 11.4. The second-order valence-electron chi connectivity index (χ2n) is 4.59. The molecular formula is C16H18N2O2. The number of nitrogens with one attached hydrogen (secondary N) is 2. The minimum absolute atomic E-state index is 0.315. The summed E-state index contributed by atoms with van der Waals surface area (Å²) >= 11 is 0. The topological polar surface area (TPSA) is 58.2 Å². The molecule has 2 N–H and O–H groups in total. The van der Waals surface area contributed by atoms with Crippen molar-refractivity contribution in [2.45, 2.75) is 19.4 Å². The molecule has 4 heteroatoms. The van der Waals surface area contributed by atoms with Crippen molar-refractivity contribution in [2.24, 2.45) is 0 Å². The number of aldehydes is 1. The summed E-state index contributed by atoms with van der Waals surface area (Å²) in [5, 5.41) is 7.53. The monoisotopic (exact) mass is 270 g/mol. The molecule has 0 aliphatic heterocycles. The molecule has 4 nitrogen and oxygen atoms in total. The van der Waals surface area contributed by atoms with Gasteiger partial charge in [0.15, 0.2) is 0 Å². The predicted molar refractivity (Wildman–Crippen MR) is 79.7 cm³/mol. The number of benzene rings is 2. The van der Waals surface area contributed by atoms with Gasteiger partial charge < -0.3 is 15.4 Å². The van der Waals surface area contributed by atoms with Crippen molar-refractivity contribution in [3.63, 3.8) is 0 Å². The van der Waals surface area contributed by atoms with E-state index >= 15 is 0 Å². The summed E-state index contributed by atoms with van der Waals surface area (Å²) in [7, 11) is 0. The first kappa shape index (κ1) is 14.1. The van der Waals surface area contributed by atoms with Crippen molar-refractivity contribution in [1.29, 1.82) is 0 Å². The van der Waals surface area contributed by atoms with Crippen LogP contribution in [0.5, 0.6) is 0 Å². The number of amides is 2. The Hall–Kier alpha value is -2.36. The normalized spacial score (nSPS) is 11.8. The third-order valence-corrected chi connectivity index (χ3v) is 3.14. The SMILES string of the molecule is CCNC(=O)NC(C=O)Cc1cccc2ccccc12. The Morgan fingerprint density at radius 1 is 1.20 bits per heavy atom. The van der Waals surface area contributed by atoms with E-state index in [0.29, 0.717) is 13.0 Å². The number of carbonyl (C=O) groups excluding carboxylic acids is 2. The van der Waals surface area contributed by atoms with Crippen LogP contribution < -0.4 is 10.6 Å². The maximum absolute atomic E-state index is 11.5. The van der Waals surface area contributed by atoms with E-state index in [-0.39, 0.29) is 6.03 Å². The van der Waals surface area contributed by atoms with Crippen molar-refractivity contribution in [2.75, 3.05) is 6.54 Å². The lowest BCUT2D eigenvalue weighted by Gasteiger charge is -2.14. The Kier molecular flexibility index (Phi) is 4.71. The quantitative estimate of drug-likeness (QED) is 0.819. The molecule has 104 valence electrons. The highest BCUT2D eigenvalue weighted by atomic mass is 16.2. The molecule has 1 atom stereocenters. The molecule has 2 aromatic carbocycles. The summed E-state index contributed by atoms with van der Waals surface area (Å²) in [4.78, 5) is 22.6. The fourth-order valence-corrected chi connectivity index (χ4v) is 2.22. The molecule has 2 rings (SSSR count). The second-order valence-corrected chi connectivity index (χ2v) is 4.59. The molecule has 0 heterocycles. The Labute approximate surface area is 118 Å². The van der Waals surface area contributed by atoms with Crippen LogP contribution in [0.25, 0.3) is 10.8 Å². The number of carbonyl (C=O) groups is 2. The van der Waals surface area contributed by atoms with Crippen LogP contribution in [0.4, 0.5) is 4.79 Å². The third-order valence-electron chi connectivity index (χ3n) is 3.14. The number of hydrogen-bond acceptors (Lipinski definition) is 2. The van der Waals surface area contributed by atoms with E-state index in [0.717, 1.165) is 22.6 Å². The lowest BCUT2D eigenvalue weighted by molar-refractivity contribution is -0.109. The Bertz CT molecular complexity index is 605. The van der Waals surface area contributed by atoms with E-state index in [9.17, 15) is 9.59 Å². The highest BCUT2D eigenvalue weighted by Gasteiger charge is 2.12. The average molecular weight is 270 g/mol. The molecule has 0 bridgehead atoms. The third kappa shape index (κ3) is 3.35. The summed E-state index contributed by atoms with van der Waals surface area (Å²) in [6.07, 6.45) is 1.26. The van der Waals surface area contributed by atoms with Crippen LogP contribution in [0.15, 0.2) is 42.5 Å². The molecule has 20 heavy (non-hydrogen) atoms. The van der Waals surface area contributed by atoms with Gasteiger partial charge in [0.25, 0.3) is 0 Å². The summed E-state index contributed by atoms with van der Waals surface area (Å²) < 4.78 is 0. The largest absolute Gasteiger partial charge is 0.338 e. The second kappa shape index (κ2) is 6.70. The van der Waals surface area contributed by atoms with Gasteiger partial charge in [0.2, 0.25) is 0 Å². The van der Waals surface area contributed by atoms with Gasteiger partial charge in [0.05, 0.1) is 6.04 Å². The van der Waals surface area contributed by atoms with Gasteiger partial charge in [0.1, 0.15) is 6.29 Å². The van der Waals surface area contributed by atoms with Gasteiger partial charge in [0, 0.05) is 13.0 Å². The van der Waals surface area contributed by atoms with E-state index in [1.165, 1.54) is 0 Å². The van der Waals surface area contributed by atoms with E-state index in [4.69, 9.17) is 0 Å². The van der Waals surface area contributed by atoms with Crippen molar-refractivity contribution in [3.8, 4) is 0 Å². The molecule has 0 aliphatic rings. The fraction of sp³-hybridized carbons (Fsp3) is 0.250. The molecule has 2 aromatic rings. The van der Waals surface area contributed by atoms with Gasteiger partial charge >= 0.3 is 6.03 Å². The lowest BCUT2D eigenvalue weighted by Crippen LogP contribution is -2.43. The summed E-state index contributed by atoms with van der Waals surface area (Å²) in [5.41, 5.74) is 1.05. The highest BCUT2D eigenvalue weighted by Crippen LogP contribution is 2.19. The molecular weight excluding hydrogens is 252 g/mol. The number of rotatable bonds is 5. The van der Waals surface area contributed by atoms with Crippen LogP contribution in [0.1, 0.15) is 12.5 Å². The number of fused-ring (bicyclic) bond motifs is 1. The van der Waals surface area contributed by atoms with Gasteiger partial charge in [-0.2, -0.15) is 0 Å². The van der Waals surface area contributed by atoms with E-state index in [1.54, 1.807) is 0 Å². The maximum Gasteiger partial charge on any atom is 0.315 e. The molecule has 1 unspecified atom stereocenters. The Morgan fingerprint density at radius 2 is 1.95 bits per heavy atom. The van der Waals surface area contributed by atoms with Crippen LogP contribution in [0.3, 0.4) is 0 Å². The van der Waals surface area contributed by atoms with Crippen molar-refractivity contribution >= 4 is 23.1 Å². The summed E-state index contributed by atoms with van der Waals surface area (Å²) in [5.74, 6) is 0. The van der Waals surface area contributed by atoms with Gasteiger partial charge in [-0.3, -0.25) is 0 Å². The standard InChI is InChI=1S/C16H18N2O2/c1-2-17-16(20)18-14(11-19)10-13-8-5-7-12-6-3-4-9-15(12)13/h3-9,11,14H,2,10H2,1H3,(H2,17,18,20). The predicted octanol–water partition coefficient (Wildman–Crippen LogP) is 2.27. The molecule has 0 aromatic heterocycles. The van der Waals surface area contributed by atoms with Gasteiger partial charge in [-0.05, 0) is 23.3 Å². The average Bonchev–Trinajstić information content (AvgIpc) is 2.47. The smallest absolute Gasteiger partial charge is 0.315 e. The van der Waals surface area contributed by atoms with Crippen LogP contribution in [0.2, 0.25) is 0 Å². The molecule has 0 aliphatic carbocycles. The maximum atomic E-state index is 11.5. The minimum atomic E-state index is -0.521. The molecule has 0 saturated heterocycles. The Balaban J connectivity index is 2.17. The summed E-state index contributed by atoms with van der Waals surface area (Å²) in [6, 6.07) is 13.2. The van der Waals surface area contributed by atoms with Crippen LogP contribution in [-0.2, 0) is 11.2 Å². The van der Waals surface area contributed by atoms with Gasteiger partial charge in [-0.1, -0.05) is 42.5 Å².